The van der Waals surface area contributed by atoms with Crippen LogP contribution >= 0.6 is 11.3 Å². The summed E-state index contributed by atoms with van der Waals surface area (Å²) >= 11 is 1.53. The summed E-state index contributed by atoms with van der Waals surface area (Å²) in [7, 11) is 1.63. The van der Waals surface area contributed by atoms with Crippen LogP contribution in [0.4, 0.5) is 0 Å². The number of aromatic nitrogens is 2. The van der Waals surface area contributed by atoms with E-state index in [0.717, 1.165) is 45.6 Å². The molecule has 0 bridgehead atoms. The molecule has 1 atom stereocenters. The molecular formula is C28H30N4O3S. The van der Waals surface area contributed by atoms with Crippen molar-refractivity contribution in [2.45, 2.75) is 38.1 Å². The molecule has 2 amide bonds. The molecule has 2 N–H and O–H groups in total. The number of carbonyl (C=O) groups excluding carboxylic acids is 2. The minimum atomic E-state index is -0.181. The Morgan fingerprint density at radius 1 is 1.19 bits per heavy atom. The van der Waals surface area contributed by atoms with Crippen molar-refractivity contribution in [1.29, 1.82) is 0 Å². The van der Waals surface area contributed by atoms with E-state index >= 15 is 0 Å². The highest BCUT2D eigenvalue weighted by atomic mass is 32.1. The fourth-order valence-corrected chi connectivity index (χ4v) is 5.74. The van der Waals surface area contributed by atoms with E-state index in [1.54, 1.807) is 7.11 Å². The zero-order valence-corrected chi connectivity index (χ0v) is 21.3. The number of nitrogens with one attached hydrogen (secondary N) is 2. The fourth-order valence-electron chi connectivity index (χ4n) is 4.77. The van der Waals surface area contributed by atoms with Gasteiger partial charge < -0.3 is 19.9 Å². The number of carbonyl (C=O) groups is 2. The third-order valence-corrected chi connectivity index (χ3v) is 7.92. The number of methoxy groups -OCH3 is 1. The van der Waals surface area contributed by atoms with Crippen molar-refractivity contribution in [3.05, 3.63) is 81.9 Å². The molecule has 5 rings (SSSR count). The van der Waals surface area contributed by atoms with Crippen LogP contribution in [0.5, 0.6) is 5.75 Å². The van der Waals surface area contributed by atoms with E-state index in [9.17, 15) is 9.59 Å². The maximum absolute atomic E-state index is 12.9. The van der Waals surface area contributed by atoms with Gasteiger partial charge in [-0.15, -0.1) is 11.3 Å². The standard InChI is InChI=1S/C28H30N4O3S/c1-18(20-6-5-7-22(14-20)35-2)30-27(34)25-17-36-28(31-25)19-10-12-32(13-11-19)26(33)15-21-16-29-24-9-4-3-8-23(21)24/h3-9,14,16-19,29H,10-13,15H2,1-2H3,(H,30,34). The van der Waals surface area contributed by atoms with Gasteiger partial charge in [0.2, 0.25) is 5.91 Å². The van der Waals surface area contributed by atoms with Crippen molar-refractivity contribution in [3.8, 4) is 5.75 Å². The molecule has 1 aliphatic rings. The monoisotopic (exact) mass is 502 g/mol. The van der Waals surface area contributed by atoms with Gasteiger partial charge in [-0.25, -0.2) is 4.98 Å². The molecule has 3 heterocycles. The summed E-state index contributed by atoms with van der Waals surface area (Å²) in [6.45, 7) is 3.36. The molecule has 0 radical (unpaired) electrons. The molecule has 7 nitrogen and oxygen atoms in total. The maximum Gasteiger partial charge on any atom is 0.271 e. The van der Waals surface area contributed by atoms with Gasteiger partial charge in [0.05, 0.1) is 24.6 Å². The normalized spacial score (nSPS) is 15.1. The quantitative estimate of drug-likeness (QED) is 0.369. The van der Waals surface area contributed by atoms with Gasteiger partial charge in [-0.3, -0.25) is 9.59 Å². The summed E-state index contributed by atoms with van der Waals surface area (Å²) < 4.78 is 5.28. The molecule has 0 spiro atoms. The van der Waals surface area contributed by atoms with Crippen molar-refractivity contribution in [3.63, 3.8) is 0 Å². The van der Waals surface area contributed by atoms with E-state index in [-0.39, 0.29) is 23.8 Å². The Morgan fingerprint density at radius 3 is 2.81 bits per heavy atom. The zero-order valence-electron chi connectivity index (χ0n) is 20.5. The second kappa shape index (κ2) is 10.5. The highest BCUT2D eigenvalue weighted by Crippen LogP contribution is 2.31. The summed E-state index contributed by atoms with van der Waals surface area (Å²) in [5, 5.41) is 6.94. The Morgan fingerprint density at radius 2 is 2.00 bits per heavy atom. The van der Waals surface area contributed by atoms with Crippen molar-refractivity contribution < 1.29 is 14.3 Å². The van der Waals surface area contributed by atoms with Gasteiger partial charge in [0.15, 0.2) is 0 Å². The van der Waals surface area contributed by atoms with Crippen LogP contribution in [0.25, 0.3) is 10.9 Å². The summed E-state index contributed by atoms with van der Waals surface area (Å²) in [6.07, 6.45) is 4.05. The number of thiazole rings is 1. The molecule has 1 fully saturated rings. The predicted molar refractivity (Wildman–Crippen MR) is 142 cm³/mol. The van der Waals surface area contributed by atoms with Gasteiger partial charge in [0.1, 0.15) is 11.4 Å². The highest BCUT2D eigenvalue weighted by Gasteiger charge is 2.27. The third-order valence-electron chi connectivity index (χ3n) is 6.91. The lowest BCUT2D eigenvalue weighted by Gasteiger charge is -2.31. The van der Waals surface area contributed by atoms with Gasteiger partial charge in [0.25, 0.3) is 5.91 Å². The lowest BCUT2D eigenvalue weighted by atomic mass is 9.97. The minimum absolute atomic E-state index is 0.156. The van der Waals surface area contributed by atoms with Crippen LogP contribution in [0.15, 0.2) is 60.1 Å². The molecule has 2 aromatic heterocycles. The zero-order chi connectivity index (χ0) is 25.1. The lowest BCUT2D eigenvalue weighted by Crippen LogP contribution is -2.38. The first kappa shape index (κ1) is 24.1. The number of para-hydroxylation sites is 1. The number of H-pyrrole nitrogens is 1. The topological polar surface area (TPSA) is 87.3 Å². The molecule has 0 saturated carbocycles. The second-order valence-electron chi connectivity index (χ2n) is 9.23. The molecule has 1 unspecified atom stereocenters. The number of nitrogens with zero attached hydrogens (tertiary/aromatic N) is 2. The van der Waals surface area contributed by atoms with Gasteiger partial charge in [-0.05, 0) is 49.1 Å². The molecule has 4 aromatic rings. The largest absolute Gasteiger partial charge is 0.497 e. The number of rotatable bonds is 7. The van der Waals surface area contributed by atoms with E-state index in [0.29, 0.717) is 25.2 Å². The summed E-state index contributed by atoms with van der Waals surface area (Å²) in [6, 6.07) is 15.6. The highest BCUT2D eigenvalue weighted by molar-refractivity contribution is 7.09. The Balaban J connectivity index is 1.15. The third kappa shape index (κ3) is 5.14. The van der Waals surface area contributed by atoms with Crippen LogP contribution in [0.2, 0.25) is 0 Å². The molecule has 1 saturated heterocycles. The average Bonchev–Trinajstić information content (AvgIpc) is 3.57. The molecule has 0 aliphatic carbocycles. The number of hydrogen-bond donors (Lipinski definition) is 2. The Bertz CT molecular complexity index is 1370. The molecule has 36 heavy (non-hydrogen) atoms. The molecule has 8 heteroatoms. The summed E-state index contributed by atoms with van der Waals surface area (Å²) in [5.41, 5.74) is 3.52. The number of amides is 2. The van der Waals surface area contributed by atoms with Gasteiger partial charge in [0, 0.05) is 41.5 Å². The predicted octanol–water partition coefficient (Wildman–Crippen LogP) is 5.07. The number of ether oxygens (including phenoxy) is 1. The lowest BCUT2D eigenvalue weighted by molar-refractivity contribution is -0.131. The van der Waals surface area contributed by atoms with Gasteiger partial charge in [-0.2, -0.15) is 0 Å². The average molecular weight is 503 g/mol. The van der Waals surface area contributed by atoms with Crippen LogP contribution in [0, 0.1) is 0 Å². The van der Waals surface area contributed by atoms with Gasteiger partial charge >= 0.3 is 0 Å². The summed E-state index contributed by atoms with van der Waals surface area (Å²) in [5.74, 6) is 1.00. The molecule has 1 aliphatic heterocycles. The first-order chi connectivity index (χ1) is 17.5. The molecule has 186 valence electrons. The van der Waals surface area contributed by atoms with Crippen molar-refractivity contribution in [2.75, 3.05) is 20.2 Å². The molecular weight excluding hydrogens is 472 g/mol. The van der Waals surface area contributed by atoms with E-state index in [2.05, 4.69) is 15.3 Å². The van der Waals surface area contributed by atoms with Crippen LogP contribution in [0.1, 0.15) is 58.3 Å². The van der Waals surface area contributed by atoms with E-state index in [1.807, 2.05) is 71.9 Å². The Hall–Kier alpha value is -3.65. The van der Waals surface area contributed by atoms with E-state index in [4.69, 9.17) is 4.74 Å². The second-order valence-corrected chi connectivity index (χ2v) is 10.1. The number of likely N-dealkylation sites (tertiary alicyclic amines) is 1. The van der Waals surface area contributed by atoms with Crippen molar-refractivity contribution in [2.24, 2.45) is 0 Å². The Kier molecular flexibility index (Phi) is 7.04. The number of piperidine rings is 1. The number of aromatic amines is 1. The van der Waals surface area contributed by atoms with Crippen molar-refractivity contribution in [1.82, 2.24) is 20.2 Å². The smallest absolute Gasteiger partial charge is 0.271 e. The van der Waals surface area contributed by atoms with Crippen LogP contribution < -0.4 is 10.1 Å². The summed E-state index contributed by atoms with van der Waals surface area (Å²) in [4.78, 5) is 35.6. The van der Waals surface area contributed by atoms with Crippen LogP contribution in [-0.2, 0) is 11.2 Å². The first-order valence-corrected chi connectivity index (χ1v) is 13.1. The minimum Gasteiger partial charge on any atom is -0.497 e. The fraction of sp³-hybridized carbons (Fsp3) is 0.321. The van der Waals surface area contributed by atoms with Crippen molar-refractivity contribution >= 4 is 34.1 Å². The number of fused-ring (bicyclic) bond motifs is 1. The first-order valence-electron chi connectivity index (χ1n) is 12.2. The van der Waals surface area contributed by atoms with Crippen LogP contribution in [0.3, 0.4) is 0 Å². The molecule has 2 aromatic carbocycles. The van der Waals surface area contributed by atoms with E-state index < -0.39 is 0 Å². The maximum atomic E-state index is 12.9. The SMILES string of the molecule is COc1cccc(C(C)NC(=O)c2csc(C3CCN(C(=O)Cc4c[nH]c5ccccc45)CC3)n2)c1. The number of benzene rings is 2. The van der Waals surface area contributed by atoms with Crippen LogP contribution in [-0.4, -0.2) is 46.9 Å². The number of hydrogen-bond acceptors (Lipinski definition) is 5. The Labute approximate surface area is 214 Å². The van der Waals surface area contributed by atoms with Gasteiger partial charge in [-0.1, -0.05) is 30.3 Å². The van der Waals surface area contributed by atoms with E-state index in [1.165, 1.54) is 11.3 Å².